The lowest BCUT2D eigenvalue weighted by molar-refractivity contribution is -0.149. The predicted octanol–water partition coefficient (Wildman–Crippen LogP) is 12.9. The molecule has 0 spiro atoms. The van der Waals surface area contributed by atoms with Gasteiger partial charge in [-0.05, 0) is 185 Å². The maximum absolute atomic E-state index is 13.6. The molecule has 37 heteroatoms. The van der Waals surface area contributed by atoms with Gasteiger partial charge in [-0.1, -0.05) is 103 Å². The highest BCUT2D eigenvalue weighted by molar-refractivity contribution is 9.10. The Bertz CT molecular complexity index is 5230. The summed E-state index contributed by atoms with van der Waals surface area (Å²) in [5, 5.41) is 30.1. The fourth-order valence-corrected chi connectivity index (χ4v) is 19.4. The second kappa shape index (κ2) is 53.4. The fourth-order valence-electron chi connectivity index (χ4n) is 14.1. The van der Waals surface area contributed by atoms with Crippen molar-refractivity contribution in [2.24, 2.45) is 35.1 Å². The van der Waals surface area contributed by atoms with Gasteiger partial charge in [-0.15, -0.1) is 13.2 Å². The Labute approximate surface area is 760 Å². The van der Waals surface area contributed by atoms with E-state index >= 15 is 0 Å². The second-order valence-electron chi connectivity index (χ2n) is 30.3. The number of esters is 4. The lowest BCUT2D eigenvalue weighted by Gasteiger charge is -2.29. The molecule has 1 saturated heterocycles. The van der Waals surface area contributed by atoms with Gasteiger partial charge in [0.1, 0.15) is 58.2 Å². The molecule has 0 radical (unpaired) electrons. The van der Waals surface area contributed by atoms with E-state index < -0.39 is 159 Å². The summed E-state index contributed by atoms with van der Waals surface area (Å²) < 4.78 is 226. The fraction of sp³-hybridized carbons (Fsp3) is 0.387. The van der Waals surface area contributed by atoms with E-state index in [1.54, 1.807) is 0 Å². The monoisotopic (exact) mass is 1950 g/mol. The SMILES string of the molecule is C=CC(Cc1cc(F)cc(F)c1)C(=O)OC.C=CCC(=O)OC.CCc1ccc2c(c1)C(N)CS(=O)(=O)C2.CCc1ccc2c(c1)C(NCC(O)C(Cc1cc(F)cc(F)c1)C(=O)NC)CS(=O)(=O)C2.CCc1ccc2c(c1)C(NCC(O)C(Cc1cc(F)cc(F)c1)C(=O)OC)CS(=O)(=O)C2.CN.COC(=O)C(Cc1cc(F)cc(F)c1)C1CO1.Fc1cc(F)cc(Br)c1. The van der Waals surface area contributed by atoms with Crippen molar-refractivity contribution in [3.05, 3.63) is 306 Å². The van der Waals surface area contributed by atoms with Crippen LogP contribution < -0.4 is 27.4 Å². The standard InChI is InChI=1S/C23H28F2N2O4S.C23H27F2NO5S.C12H12F2O3.C12H12F2O2.C11H15NO2S.C6H3BrF2.C5H8O2.CH5N/c1-3-14-4-5-16-12-32(30,31)13-21(19(16)8-14)27-11-22(28)20(23(29)26-2)9-15-6-17(24)10-18(25)7-15;1-3-14-4-5-16-12-32(29,30)13-21(19(16)8-14)26-11-22(27)20(23(28)31-2)9-15-6-17(24)10-18(25)7-15;1-16-12(15)10(11-6-17-11)4-7-2-8(13)5-9(14)3-7;1-3-9(12(15)16-2)4-8-5-10(13)7-11(14)6-8;1-2-8-3-4-9-6-15(13,14)7-11(12)10(9)5-8;7-4-1-5(8)3-6(9)2-4;1-3-4-5(6)7-2;1-2/h4-8,10,20-22,27-28H,3,9,11-13H2,1-2H3,(H,26,29);4-8,10,20-22,26-27H,3,9,11-13H2,1-2H3;2-3,5,10-11H,4,6H2,1H3;3,5-7,9H,1,4H2,2H3;3-5,11H,2,6-7,12H2,1H3;1-3H;3H,1,4H2,2H3;2H2,1H3. The molecule has 8 aromatic rings. The van der Waals surface area contributed by atoms with Gasteiger partial charge in [0.25, 0.3) is 0 Å². The Morgan fingerprint density at radius 2 is 0.800 bits per heavy atom. The van der Waals surface area contributed by atoms with E-state index in [2.05, 4.69) is 71.9 Å². The lowest BCUT2D eigenvalue weighted by Crippen LogP contribution is -2.44. The molecule has 4 aliphatic heterocycles. The van der Waals surface area contributed by atoms with Gasteiger partial charge in [-0.2, -0.15) is 0 Å². The van der Waals surface area contributed by atoms with E-state index in [4.69, 9.17) is 15.2 Å². The van der Waals surface area contributed by atoms with Crippen LogP contribution in [0, 0.1) is 81.8 Å². The molecular weight excluding hydrogens is 1840 g/mol. The van der Waals surface area contributed by atoms with Gasteiger partial charge in [-0.25, -0.2) is 69.2 Å². The first kappa shape index (κ1) is 110. The molecule has 10 atom stereocenters. The first-order chi connectivity index (χ1) is 61.4. The number of benzene rings is 8. The first-order valence-electron chi connectivity index (χ1n) is 40.8. The normalized spacial score (nSPS) is 17.3. The van der Waals surface area contributed by atoms with Crippen molar-refractivity contribution in [3.8, 4) is 0 Å². The molecule has 0 bridgehead atoms. The number of hydrogen-bond acceptors (Lipinski definition) is 22. The average molecular weight is 1950 g/mol. The molecule has 130 heavy (non-hydrogen) atoms. The predicted molar refractivity (Wildman–Crippen MR) is 476 cm³/mol. The molecule has 0 saturated carbocycles. The highest BCUT2D eigenvalue weighted by Gasteiger charge is 2.40. The third-order valence-corrected chi connectivity index (χ3v) is 25.8. The van der Waals surface area contributed by atoms with Crippen molar-refractivity contribution in [2.45, 2.75) is 126 Å². The summed E-state index contributed by atoms with van der Waals surface area (Å²) in [7, 11) is -1.67. The number of halogens is 11. The van der Waals surface area contributed by atoms with Crippen LogP contribution in [0.2, 0.25) is 0 Å². The number of nitrogens with two attached hydrogens (primary N) is 2. The van der Waals surface area contributed by atoms with E-state index in [-0.39, 0.29) is 103 Å². The summed E-state index contributed by atoms with van der Waals surface area (Å²) in [6.45, 7) is 13.2. The van der Waals surface area contributed by atoms with Crippen LogP contribution in [0.15, 0.2) is 175 Å². The maximum Gasteiger partial charge on any atom is 0.312 e. The Kier molecular flexibility index (Phi) is 45.4. The van der Waals surface area contributed by atoms with Crippen LogP contribution in [0.4, 0.5) is 43.9 Å². The molecule has 8 aromatic carbocycles. The molecule has 0 aromatic heterocycles. The topological polar surface area (TPSA) is 366 Å². The number of carbonyl (C=O) groups excluding carboxylic acids is 5. The minimum Gasteiger partial charge on any atom is -0.469 e. The van der Waals surface area contributed by atoms with Crippen molar-refractivity contribution < 1.29 is 127 Å². The van der Waals surface area contributed by atoms with Crippen molar-refractivity contribution in [3.63, 3.8) is 0 Å². The van der Waals surface area contributed by atoms with Crippen LogP contribution in [0.1, 0.15) is 118 Å². The zero-order chi connectivity index (χ0) is 97.1. The third-order valence-electron chi connectivity index (χ3n) is 20.5. The number of methoxy groups -OCH3 is 4. The number of aliphatic hydroxyl groups excluding tert-OH is 2. The van der Waals surface area contributed by atoms with Crippen molar-refractivity contribution in [2.75, 3.05) is 79.5 Å². The Balaban J connectivity index is 0.000000282. The summed E-state index contributed by atoms with van der Waals surface area (Å²) >= 11 is 2.93. The maximum atomic E-state index is 13.6. The van der Waals surface area contributed by atoms with Crippen molar-refractivity contribution >= 4 is 75.2 Å². The number of aliphatic hydroxyl groups is 2. The third kappa shape index (κ3) is 36.9. The highest BCUT2D eigenvalue weighted by Crippen LogP contribution is 2.34. The molecular formula is C93H110BrF10N5O18S3. The average Bonchev–Trinajstić information content (AvgIpc) is 1.02. The van der Waals surface area contributed by atoms with E-state index in [0.717, 1.165) is 120 Å². The number of aryl methyl sites for hydroxylation is 3. The number of hydrogen-bond donors (Lipinski definition) is 7. The summed E-state index contributed by atoms with van der Waals surface area (Å²) in [6, 6.07) is 31.3. The Hall–Kier alpha value is -10.1. The lowest BCUT2D eigenvalue weighted by atomic mass is 9.92. The number of ether oxygens (including phenoxy) is 5. The minimum atomic E-state index is -3.33. The van der Waals surface area contributed by atoms with Crippen molar-refractivity contribution in [1.29, 1.82) is 0 Å². The molecule has 1 amide bonds. The number of carbonyl (C=O) groups is 5. The number of fused-ring (bicyclic) bond motifs is 3. The zero-order valence-corrected chi connectivity index (χ0v) is 77.2. The summed E-state index contributed by atoms with van der Waals surface area (Å²) in [6.07, 6.45) is 3.26. The molecule has 0 aliphatic carbocycles. The summed E-state index contributed by atoms with van der Waals surface area (Å²) in [5.41, 5.74) is 20.0. The van der Waals surface area contributed by atoms with E-state index in [1.165, 1.54) is 89.5 Å². The van der Waals surface area contributed by atoms with E-state index in [0.29, 0.717) is 34.2 Å². The van der Waals surface area contributed by atoms with Gasteiger partial charge < -0.3 is 61.3 Å². The smallest absolute Gasteiger partial charge is 0.312 e. The molecule has 9 N–H and O–H groups in total. The van der Waals surface area contributed by atoms with Crippen LogP contribution in [0.3, 0.4) is 0 Å². The number of epoxide rings is 1. The van der Waals surface area contributed by atoms with Gasteiger partial charge >= 0.3 is 23.9 Å². The van der Waals surface area contributed by atoms with Gasteiger partial charge in [0.05, 0.1) is 118 Å². The number of rotatable bonds is 27. The first-order valence-corrected chi connectivity index (χ1v) is 47.1. The van der Waals surface area contributed by atoms with Gasteiger partial charge in [0, 0.05) is 73.1 Å². The van der Waals surface area contributed by atoms with Crippen LogP contribution >= 0.6 is 15.9 Å². The quantitative estimate of drug-likeness (QED) is 0.00826. The molecule has 1 fully saturated rings. The second-order valence-corrected chi connectivity index (χ2v) is 37.5. The molecule has 10 unspecified atom stereocenters. The van der Waals surface area contributed by atoms with Gasteiger partial charge in [0.2, 0.25) is 5.91 Å². The molecule has 12 rings (SSSR count). The number of amides is 1. The van der Waals surface area contributed by atoms with E-state index in [9.17, 15) is 103 Å². The Morgan fingerprint density at radius 3 is 1.12 bits per heavy atom. The largest absolute Gasteiger partial charge is 0.469 e. The van der Waals surface area contributed by atoms with Crippen LogP contribution in [-0.4, -0.2) is 163 Å². The summed E-state index contributed by atoms with van der Waals surface area (Å²) in [4.78, 5) is 57.5. The molecule has 23 nitrogen and oxygen atoms in total. The van der Waals surface area contributed by atoms with Gasteiger partial charge in [0.15, 0.2) is 29.5 Å². The van der Waals surface area contributed by atoms with E-state index in [1.807, 2.05) is 68.4 Å². The number of nitrogens with one attached hydrogen (secondary N) is 3. The van der Waals surface area contributed by atoms with Crippen molar-refractivity contribution in [1.82, 2.24) is 16.0 Å². The van der Waals surface area contributed by atoms with Crippen LogP contribution in [0.5, 0.6) is 0 Å². The highest BCUT2D eigenvalue weighted by atomic mass is 79.9. The number of sulfone groups is 3. The molecule has 4 heterocycles. The molecule has 710 valence electrons. The minimum absolute atomic E-state index is 0.0287. The Morgan fingerprint density at radius 1 is 0.469 bits per heavy atom. The molecule has 4 aliphatic rings. The zero-order valence-electron chi connectivity index (χ0n) is 73.2. The van der Waals surface area contributed by atoms with Crippen LogP contribution in [-0.2, 0) is 139 Å². The van der Waals surface area contributed by atoms with Gasteiger partial charge in [-0.3, -0.25) is 24.0 Å². The van der Waals surface area contributed by atoms with Crippen LogP contribution in [0.25, 0.3) is 0 Å². The summed E-state index contributed by atoms with van der Waals surface area (Å²) in [5.74, 6) is -12.5.